The number of nitrogens with one attached hydrogen (secondary N) is 1. The second-order valence-electron chi connectivity index (χ2n) is 6.97. The van der Waals surface area contributed by atoms with Crippen molar-refractivity contribution >= 4 is 17.8 Å². The van der Waals surface area contributed by atoms with E-state index in [0.717, 1.165) is 5.56 Å². The molecule has 1 aromatic carbocycles. The number of piperazine rings is 1. The molecule has 2 aliphatic heterocycles. The molecule has 3 heterocycles. The van der Waals surface area contributed by atoms with Crippen LogP contribution in [0.25, 0.3) is 0 Å². The fourth-order valence-electron chi connectivity index (χ4n) is 3.96. The van der Waals surface area contributed by atoms with Crippen LogP contribution in [0.4, 0.5) is 10.6 Å². The summed E-state index contributed by atoms with van der Waals surface area (Å²) in [5, 5.41) is 2.97. The van der Waals surface area contributed by atoms with Gasteiger partial charge in [0.25, 0.3) is 5.91 Å². The number of ether oxygens (including phenoxy) is 1. The summed E-state index contributed by atoms with van der Waals surface area (Å²) in [6, 6.07) is 13.5. The summed E-state index contributed by atoms with van der Waals surface area (Å²) in [7, 11) is 1.75. The standard InChI is InChI=1S/C20H22N4O3/c1-21-17-16(8-5-9-22-17)18(25)23-10-11-24-19(26)27-14-20(24,13-23)12-15-6-3-2-4-7-15/h2-9H,10-14H2,1H3,(H,21,22). The monoisotopic (exact) mass is 366 g/mol. The SMILES string of the molecule is CNc1ncccc1C(=O)N1CCN2C(=O)OCC2(Cc2ccccc2)C1. The summed E-state index contributed by atoms with van der Waals surface area (Å²) < 4.78 is 5.38. The van der Waals surface area contributed by atoms with Crippen LogP contribution < -0.4 is 5.32 Å². The molecule has 1 N–H and O–H groups in total. The highest BCUT2D eigenvalue weighted by Gasteiger charge is 2.51. The zero-order valence-electron chi connectivity index (χ0n) is 15.2. The van der Waals surface area contributed by atoms with Crippen LogP contribution in [0.1, 0.15) is 15.9 Å². The van der Waals surface area contributed by atoms with Crippen LogP contribution in [0.2, 0.25) is 0 Å². The number of aromatic nitrogens is 1. The average Bonchev–Trinajstić information content (AvgIpc) is 3.03. The van der Waals surface area contributed by atoms with Crippen molar-refractivity contribution in [1.82, 2.24) is 14.8 Å². The van der Waals surface area contributed by atoms with Crippen molar-refractivity contribution in [3.8, 4) is 0 Å². The minimum absolute atomic E-state index is 0.0844. The molecule has 2 aromatic rings. The fraction of sp³-hybridized carbons (Fsp3) is 0.350. The van der Waals surface area contributed by atoms with Gasteiger partial charge in [-0.1, -0.05) is 30.3 Å². The highest BCUT2D eigenvalue weighted by Crippen LogP contribution is 2.33. The molecular weight excluding hydrogens is 344 g/mol. The molecule has 7 nitrogen and oxygen atoms in total. The second-order valence-corrected chi connectivity index (χ2v) is 6.97. The van der Waals surface area contributed by atoms with Crippen molar-refractivity contribution in [2.75, 3.05) is 38.6 Å². The maximum Gasteiger partial charge on any atom is 0.410 e. The Morgan fingerprint density at radius 1 is 1.22 bits per heavy atom. The lowest BCUT2D eigenvalue weighted by molar-refractivity contribution is 0.0376. The molecule has 4 rings (SSSR count). The van der Waals surface area contributed by atoms with E-state index in [1.807, 2.05) is 30.3 Å². The molecule has 0 spiro atoms. The Morgan fingerprint density at radius 3 is 2.81 bits per heavy atom. The van der Waals surface area contributed by atoms with E-state index in [0.29, 0.717) is 37.4 Å². The average molecular weight is 366 g/mol. The minimum Gasteiger partial charge on any atom is -0.447 e. The molecule has 0 saturated carbocycles. The predicted octanol–water partition coefficient (Wildman–Crippen LogP) is 2.01. The van der Waals surface area contributed by atoms with E-state index in [2.05, 4.69) is 10.3 Å². The van der Waals surface area contributed by atoms with Gasteiger partial charge in [0.1, 0.15) is 18.0 Å². The Morgan fingerprint density at radius 2 is 2.04 bits per heavy atom. The van der Waals surface area contributed by atoms with Crippen molar-refractivity contribution in [1.29, 1.82) is 0 Å². The molecule has 2 amide bonds. The Hall–Kier alpha value is -3.09. The first-order chi connectivity index (χ1) is 13.1. The van der Waals surface area contributed by atoms with Gasteiger partial charge in [-0.25, -0.2) is 9.78 Å². The van der Waals surface area contributed by atoms with Gasteiger partial charge in [-0.15, -0.1) is 0 Å². The third-order valence-corrected chi connectivity index (χ3v) is 5.27. The van der Waals surface area contributed by atoms with Crippen LogP contribution in [0.5, 0.6) is 0 Å². The molecule has 1 aromatic heterocycles. The van der Waals surface area contributed by atoms with Crippen LogP contribution >= 0.6 is 0 Å². The van der Waals surface area contributed by atoms with Crippen LogP contribution in [0.3, 0.4) is 0 Å². The molecule has 140 valence electrons. The van der Waals surface area contributed by atoms with Crippen LogP contribution in [-0.2, 0) is 11.2 Å². The van der Waals surface area contributed by atoms with E-state index in [4.69, 9.17) is 4.74 Å². The summed E-state index contributed by atoms with van der Waals surface area (Å²) in [6.07, 6.45) is 2.01. The molecule has 2 aliphatic rings. The van der Waals surface area contributed by atoms with Gasteiger partial charge in [-0.3, -0.25) is 9.69 Å². The van der Waals surface area contributed by atoms with Crippen LogP contribution in [0, 0.1) is 0 Å². The lowest BCUT2D eigenvalue weighted by Gasteiger charge is -2.44. The molecule has 2 fully saturated rings. The Bertz CT molecular complexity index is 857. The summed E-state index contributed by atoms with van der Waals surface area (Å²) in [5.41, 5.74) is 1.12. The molecule has 2 saturated heterocycles. The van der Waals surface area contributed by atoms with Crippen molar-refractivity contribution < 1.29 is 14.3 Å². The van der Waals surface area contributed by atoms with Crippen molar-refractivity contribution in [2.45, 2.75) is 12.0 Å². The Balaban J connectivity index is 1.62. The van der Waals surface area contributed by atoms with Gasteiger partial charge in [0, 0.05) is 39.3 Å². The van der Waals surface area contributed by atoms with Gasteiger partial charge in [0.2, 0.25) is 0 Å². The molecule has 0 bridgehead atoms. The zero-order valence-corrected chi connectivity index (χ0v) is 15.2. The van der Waals surface area contributed by atoms with E-state index in [1.54, 1.807) is 35.2 Å². The molecular formula is C20H22N4O3. The number of fused-ring (bicyclic) bond motifs is 1. The lowest BCUT2D eigenvalue weighted by atomic mass is 9.88. The van der Waals surface area contributed by atoms with Crippen LogP contribution in [0.15, 0.2) is 48.7 Å². The van der Waals surface area contributed by atoms with Gasteiger partial charge in [0.05, 0.1) is 5.56 Å². The van der Waals surface area contributed by atoms with E-state index in [-0.39, 0.29) is 18.6 Å². The van der Waals surface area contributed by atoms with Crippen molar-refractivity contribution in [3.05, 3.63) is 59.8 Å². The predicted molar refractivity (Wildman–Crippen MR) is 101 cm³/mol. The summed E-state index contributed by atoms with van der Waals surface area (Å²) >= 11 is 0. The van der Waals surface area contributed by atoms with E-state index in [1.165, 1.54) is 0 Å². The normalized spacial score (nSPS) is 21.6. The maximum atomic E-state index is 13.1. The number of amides is 2. The summed E-state index contributed by atoms with van der Waals surface area (Å²) in [4.78, 5) is 33.2. The zero-order chi connectivity index (χ0) is 18.9. The number of carbonyl (C=O) groups is 2. The maximum absolute atomic E-state index is 13.1. The molecule has 1 unspecified atom stereocenters. The number of benzene rings is 1. The fourth-order valence-corrected chi connectivity index (χ4v) is 3.96. The van der Waals surface area contributed by atoms with Gasteiger partial charge in [-0.05, 0) is 17.7 Å². The lowest BCUT2D eigenvalue weighted by Crippen LogP contribution is -2.63. The highest BCUT2D eigenvalue weighted by atomic mass is 16.6. The van der Waals surface area contributed by atoms with E-state index >= 15 is 0 Å². The van der Waals surface area contributed by atoms with E-state index < -0.39 is 5.54 Å². The number of hydrogen-bond donors (Lipinski definition) is 1. The number of carbonyl (C=O) groups excluding carboxylic acids is 2. The molecule has 27 heavy (non-hydrogen) atoms. The smallest absolute Gasteiger partial charge is 0.410 e. The number of cyclic esters (lactones) is 1. The quantitative estimate of drug-likeness (QED) is 0.896. The third kappa shape index (κ3) is 3.09. The van der Waals surface area contributed by atoms with Crippen LogP contribution in [-0.4, -0.2) is 65.6 Å². The van der Waals surface area contributed by atoms with Gasteiger partial charge in [0.15, 0.2) is 0 Å². The first-order valence-electron chi connectivity index (χ1n) is 9.03. The largest absolute Gasteiger partial charge is 0.447 e. The topological polar surface area (TPSA) is 74.8 Å². The molecule has 1 atom stereocenters. The molecule has 7 heteroatoms. The first kappa shape index (κ1) is 17.3. The van der Waals surface area contributed by atoms with Crippen molar-refractivity contribution in [2.24, 2.45) is 0 Å². The first-order valence-corrected chi connectivity index (χ1v) is 9.03. The number of pyridine rings is 1. The third-order valence-electron chi connectivity index (χ3n) is 5.27. The minimum atomic E-state index is -0.533. The number of hydrogen-bond acceptors (Lipinski definition) is 5. The van der Waals surface area contributed by atoms with Crippen molar-refractivity contribution in [3.63, 3.8) is 0 Å². The molecule has 0 radical (unpaired) electrons. The number of anilines is 1. The summed E-state index contributed by atoms with van der Waals surface area (Å²) in [6.45, 7) is 1.66. The number of nitrogens with zero attached hydrogens (tertiary/aromatic N) is 3. The van der Waals surface area contributed by atoms with Gasteiger partial charge in [-0.2, -0.15) is 0 Å². The molecule has 0 aliphatic carbocycles. The van der Waals surface area contributed by atoms with Gasteiger partial charge < -0.3 is 15.0 Å². The van der Waals surface area contributed by atoms with E-state index in [9.17, 15) is 9.59 Å². The Kier molecular flexibility index (Phi) is 4.43. The highest BCUT2D eigenvalue weighted by molar-refractivity contribution is 5.99. The Labute approximate surface area is 157 Å². The van der Waals surface area contributed by atoms with Gasteiger partial charge >= 0.3 is 6.09 Å². The summed E-state index contributed by atoms with van der Waals surface area (Å²) in [5.74, 6) is 0.472. The number of rotatable bonds is 4. The second kappa shape index (κ2) is 6.90.